The maximum Gasteiger partial charge on any atom is 0.472 e. The second kappa shape index (κ2) is 53.1. The minimum absolute atomic E-state index is 0.0246. The molecule has 0 heterocycles. The molecule has 2 N–H and O–H groups in total. The van der Waals surface area contributed by atoms with E-state index in [1.807, 2.05) is 94.1 Å². The molecule has 0 bridgehead atoms. The number of likely N-dealkylation sites (N-methyl/N-ethyl adjacent to an activating group) is 1. The molecule has 424 valence electrons. The first-order valence-corrected chi connectivity index (χ1v) is 31.3. The van der Waals surface area contributed by atoms with Gasteiger partial charge in [-0.15, -0.1) is 0 Å². The van der Waals surface area contributed by atoms with Gasteiger partial charge in [-0.25, -0.2) is 4.57 Å². The highest BCUT2D eigenvalue weighted by atomic mass is 31.2. The van der Waals surface area contributed by atoms with E-state index in [1.54, 1.807) is 0 Å². The number of carbonyl (C=O) groups excluding carboxylic acids is 2. The summed E-state index contributed by atoms with van der Waals surface area (Å²) in [6.07, 6.45) is 72.2. The van der Waals surface area contributed by atoms with Crippen molar-refractivity contribution in [1.29, 1.82) is 0 Å². The van der Waals surface area contributed by atoms with Gasteiger partial charge in [-0.05, 0) is 83.1 Å². The number of nitrogens with zero attached hydrogens (tertiary/aromatic N) is 1. The molecule has 0 aliphatic heterocycles. The Morgan fingerprint density at radius 1 is 0.500 bits per heavy atom. The van der Waals surface area contributed by atoms with Gasteiger partial charge in [0, 0.05) is 12.8 Å². The number of rotatable bonds is 52. The molecule has 0 aromatic carbocycles. The van der Waals surface area contributed by atoms with Crippen LogP contribution in [0.3, 0.4) is 0 Å². The largest absolute Gasteiger partial charge is 0.472 e. The smallest absolute Gasteiger partial charge is 0.456 e. The van der Waals surface area contributed by atoms with Crippen molar-refractivity contribution in [3.63, 3.8) is 0 Å². The molecule has 3 unspecified atom stereocenters. The van der Waals surface area contributed by atoms with Crippen LogP contribution in [0.25, 0.3) is 0 Å². The van der Waals surface area contributed by atoms with Crippen molar-refractivity contribution in [3.8, 4) is 0 Å². The summed E-state index contributed by atoms with van der Waals surface area (Å²) in [6, 6.07) is -0.880. The standard InChI is InChI=1S/C64H111N2O7P/c1-7-10-13-16-19-22-25-28-30-32-33-35-37-39-42-45-48-51-54-57-64(68)73-62(55-52-49-46-43-40-27-24-21-18-15-12-9-3)61(60-72-74(69,70)71-59-58-66(4,5)6)65-63(67)56-53-50-47-44-41-38-36-34-31-29-26-23-20-17-14-11-8-2/h11,14,17,19-20,22-23,26,28-31,34,36,38,41,52,55,61-62H,7-10,12-13,15-16,18,21,24-25,27,32-33,35,37,39-40,42-51,53-54,56-60H2,1-6H3,(H-,65,67,69,70)/p+1/b14-11-,20-17+,22-19-,26-23+,30-28-,31-29-,36-34+,41-38+,55-52+. The highest BCUT2D eigenvalue weighted by molar-refractivity contribution is 7.47. The number of nitrogens with one attached hydrogen (secondary N) is 1. The molecule has 0 fully saturated rings. The van der Waals surface area contributed by atoms with Gasteiger partial charge in [-0.1, -0.05) is 246 Å². The van der Waals surface area contributed by atoms with Gasteiger partial charge in [-0.2, -0.15) is 0 Å². The van der Waals surface area contributed by atoms with Crippen molar-refractivity contribution < 1.29 is 37.3 Å². The van der Waals surface area contributed by atoms with Crippen LogP contribution in [0, 0.1) is 0 Å². The van der Waals surface area contributed by atoms with Crippen LogP contribution in [0.5, 0.6) is 0 Å². The van der Waals surface area contributed by atoms with Crippen LogP contribution in [-0.4, -0.2) is 74.3 Å². The monoisotopic (exact) mass is 1050 g/mol. The van der Waals surface area contributed by atoms with Crippen LogP contribution < -0.4 is 5.32 Å². The lowest BCUT2D eigenvalue weighted by molar-refractivity contribution is -0.870. The number of esters is 1. The number of unbranched alkanes of at least 4 members (excludes halogenated alkanes) is 25. The van der Waals surface area contributed by atoms with Crippen LogP contribution in [0.1, 0.15) is 233 Å². The molecule has 0 saturated carbocycles. The van der Waals surface area contributed by atoms with Crippen LogP contribution in [0.2, 0.25) is 0 Å². The molecule has 10 heteroatoms. The quantitative estimate of drug-likeness (QED) is 0.0156. The number of phosphoric acid groups is 1. The van der Waals surface area contributed by atoms with Crippen molar-refractivity contribution in [3.05, 3.63) is 109 Å². The number of hydrogen-bond acceptors (Lipinski definition) is 6. The van der Waals surface area contributed by atoms with Crippen molar-refractivity contribution in [2.45, 2.75) is 245 Å². The summed E-state index contributed by atoms with van der Waals surface area (Å²) in [6.45, 7) is 6.79. The Labute approximate surface area is 455 Å². The van der Waals surface area contributed by atoms with E-state index in [4.69, 9.17) is 13.8 Å². The summed E-state index contributed by atoms with van der Waals surface area (Å²) in [7, 11) is 1.45. The molecule has 9 nitrogen and oxygen atoms in total. The fourth-order valence-electron chi connectivity index (χ4n) is 8.00. The van der Waals surface area contributed by atoms with Gasteiger partial charge in [0.05, 0.1) is 33.8 Å². The molecular formula is C64H112N2O7P+. The Morgan fingerprint density at radius 3 is 1.45 bits per heavy atom. The van der Waals surface area contributed by atoms with Gasteiger partial charge in [-0.3, -0.25) is 18.6 Å². The molecule has 0 aromatic rings. The lowest BCUT2D eigenvalue weighted by Gasteiger charge is -2.27. The minimum Gasteiger partial charge on any atom is -0.456 e. The number of amides is 1. The van der Waals surface area contributed by atoms with Gasteiger partial charge in [0.15, 0.2) is 0 Å². The van der Waals surface area contributed by atoms with Gasteiger partial charge in [0.2, 0.25) is 5.91 Å². The predicted octanol–water partition coefficient (Wildman–Crippen LogP) is 18.2. The Kier molecular flexibility index (Phi) is 50.7. The average molecular weight is 1050 g/mol. The number of carbonyl (C=O) groups is 2. The van der Waals surface area contributed by atoms with Gasteiger partial charge in [0.1, 0.15) is 19.3 Å². The first kappa shape index (κ1) is 70.7. The third-order valence-corrected chi connectivity index (χ3v) is 13.6. The predicted molar refractivity (Wildman–Crippen MR) is 318 cm³/mol. The summed E-state index contributed by atoms with van der Waals surface area (Å²) in [5, 5.41) is 3.02. The number of hydrogen-bond donors (Lipinski definition) is 2. The van der Waals surface area contributed by atoms with Crippen LogP contribution in [-0.2, 0) is 27.9 Å². The third kappa shape index (κ3) is 53.5. The highest BCUT2D eigenvalue weighted by Crippen LogP contribution is 2.43. The molecular weight excluding hydrogens is 940 g/mol. The number of allylic oxidation sites excluding steroid dienone is 17. The number of ether oxygens (including phenoxy) is 1. The molecule has 3 atom stereocenters. The van der Waals surface area contributed by atoms with Crippen LogP contribution in [0.15, 0.2) is 109 Å². The Hall–Kier alpha value is -3.33. The highest BCUT2D eigenvalue weighted by Gasteiger charge is 2.30. The zero-order chi connectivity index (χ0) is 54.3. The maximum atomic E-state index is 13.5. The van der Waals surface area contributed by atoms with E-state index in [9.17, 15) is 19.0 Å². The zero-order valence-corrected chi connectivity index (χ0v) is 49.2. The third-order valence-electron chi connectivity index (χ3n) is 12.6. The number of quaternary nitrogens is 1. The summed E-state index contributed by atoms with van der Waals surface area (Å²) >= 11 is 0. The Morgan fingerprint density at radius 2 is 0.919 bits per heavy atom. The van der Waals surface area contributed by atoms with E-state index in [0.717, 1.165) is 83.5 Å². The maximum absolute atomic E-state index is 13.5. The lowest BCUT2D eigenvalue weighted by Crippen LogP contribution is -2.47. The van der Waals surface area contributed by atoms with Gasteiger partial charge in [0.25, 0.3) is 0 Å². The first-order valence-electron chi connectivity index (χ1n) is 29.8. The van der Waals surface area contributed by atoms with Crippen molar-refractivity contribution in [2.24, 2.45) is 0 Å². The normalized spacial score (nSPS) is 14.5. The summed E-state index contributed by atoms with van der Waals surface area (Å²) < 4.78 is 30.6. The molecule has 1 amide bonds. The molecule has 0 aromatic heterocycles. The summed E-state index contributed by atoms with van der Waals surface area (Å²) in [4.78, 5) is 37.6. The number of phosphoric ester groups is 1. The molecule has 0 aliphatic carbocycles. The van der Waals surface area contributed by atoms with E-state index in [-0.39, 0.29) is 37.9 Å². The molecule has 0 rings (SSSR count). The fraction of sp³-hybridized carbons (Fsp3) is 0.688. The Balaban J connectivity index is 5.40. The van der Waals surface area contributed by atoms with E-state index in [2.05, 4.69) is 62.5 Å². The Bertz CT molecular complexity index is 1640. The second-order valence-electron chi connectivity index (χ2n) is 20.9. The zero-order valence-electron chi connectivity index (χ0n) is 48.3. The van der Waals surface area contributed by atoms with E-state index in [0.29, 0.717) is 17.4 Å². The average Bonchev–Trinajstić information content (AvgIpc) is 3.36. The molecule has 0 saturated heterocycles. The molecule has 0 aliphatic rings. The first-order chi connectivity index (χ1) is 35.9. The van der Waals surface area contributed by atoms with Crippen molar-refractivity contribution in [2.75, 3.05) is 40.9 Å². The molecule has 0 radical (unpaired) electrons. The second-order valence-corrected chi connectivity index (χ2v) is 22.4. The van der Waals surface area contributed by atoms with Gasteiger partial charge >= 0.3 is 13.8 Å². The summed E-state index contributed by atoms with van der Waals surface area (Å²) in [5.41, 5.74) is 0. The molecule has 74 heavy (non-hydrogen) atoms. The topological polar surface area (TPSA) is 111 Å². The van der Waals surface area contributed by atoms with Crippen LogP contribution >= 0.6 is 7.82 Å². The van der Waals surface area contributed by atoms with Crippen molar-refractivity contribution in [1.82, 2.24) is 5.32 Å². The molecule has 0 spiro atoms. The van der Waals surface area contributed by atoms with E-state index in [1.165, 1.54) is 109 Å². The van der Waals surface area contributed by atoms with Crippen LogP contribution in [0.4, 0.5) is 0 Å². The summed E-state index contributed by atoms with van der Waals surface area (Å²) in [5.74, 6) is -0.567. The van der Waals surface area contributed by atoms with Crippen molar-refractivity contribution >= 4 is 19.7 Å². The SMILES string of the molecule is CC\C=C/C=C/C=C/C=C\C=C\C=C\CCCCCC(=O)NC(COP(=O)(O)OCC[N+](C)(C)C)C(/C=C/CCCCCCCCCCCC)OC(=O)CCCCCCCCCCC/C=C\C/C=C\CCCCC. The fourth-order valence-corrected chi connectivity index (χ4v) is 8.74. The van der Waals surface area contributed by atoms with E-state index < -0.39 is 20.0 Å². The van der Waals surface area contributed by atoms with Gasteiger partial charge < -0.3 is 19.4 Å². The lowest BCUT2D eigenvalue weighted by atomic mass is 10.0. The van der Waals surface area contributed by atoms with E-state index >= 15 is 0 Å². The minimum atomic E-state index is -4.47.